The van der Waals surface area contributed by atoms with Gasteiger partial charge in [-0.2, -0.15) is 0 Å². The minimum atomic E-state index is 0.172. The Hall–Kier alpha value is -1.77. The number of aromatic hydroxyl groups is 1. The maximum Gasteiger partial charge on any atom is 0.198 e. The molecule has 0 amide bonds. The lowest BCUT2D eigenvalue weighted by Crippen LogP contribution is -1.90. The van der Waals surface area contributed by atoms with E-state index in [1.54, 1.807) is 24.5 Å². The number of rotatable bonds is 1. The fraction of sp³-hybridized carbons (Fsp3) is 0.100. The van der Waals surface area contributed by atoms with Crippen LogP contribution in [0.15, 0.2) is 41.6 Å². The third kappa shape index (κ3) is 1.69. The third-order valence-electron chi connectivity index (χ3n) is 1.72. The standard InChI is InChI=1S/C10H9NO2/c12-9-5-2-1-4-8(9)11-10-6-3-7-13-10/h1-5,7,12H,6H2. The van der Waals surface area contributed by atoms with Crippen molar-refractivity contribution in [2.24, 2.45) is 4.99 Å². The Labute approximate surface area is 76.0 Å². The zero-order chi connectivity index (χ0) is 9.10. The van der Waals surface area contributed by atoms with Gasteiger partial charge in [0, 0.05) is 6.42 Å². The molecule has 0 atom stereocenters. The summed E-state index contributed by atoms with van der Waals surface area (Å²) in [4.78, 5) is 4.14. The second kappa shape index (κ2) is 3.31. The van der Waals surface area contributed by atoms with Crippen LogP contribution in [-0.4, -0.2) is 11.0 Å². The van der Waals surface area contributed by atoms with Crippen LogP contribution >= 0.6 is 0 Å². The van der Waals surface area contributed by atoms with Gasteiger partial charge in [-0.15, -0.1) is 0 Å². The molecule has 0 spiro atoms. The van der Waals surface area contributed by atoms with Crippen LogP contribution in [-0.2, 0) is 4.74 Å². The smallest absolute Gasteiger partial charge is 0.198 e. The summed E-state index contributed by atoms with van der Waals surface area (Å²) < 4.78 is 5.07. The highest BCUT2D eigenvalue weighted by atomic mass is 16.5. The summed E-state index contributed by atoms with van der Waals surface area (Å²) in [5, 5.41) is 9.39. The molecule has 1 aliphatic heterocycles. The van der Waals surface area contributed by atoms with Crippen molar-refractivity contribution in [2.75, 3.05) is 0 Å². The predicted octanol–water partition coefficient (Wildman–Crippen LogP) is 2.36. The van der Waals surface area contributed by atoms with Crippen molar-refractivity contribution in [2.45, 2.75) is 6.42 Å². The van der Waals surface area contributed by atoms with Crippen molar-refractivity contribution < 1.29 is 9.84 Å². The van der Waals surface area contributed by atoms with E-state index in [0.29, 0.717) is 18.0 Å². The zero-order valence-electron chi connectivity index (χ0n) is 6.97. The van der Waals surface area contributed by atoms with Crippen molar-refractivity contribution in [3.8, 4) is 5.75 Å². The van der Waals surface area contributed by atoms with Crippen LogP contribution in [0.3, 0.4) is 0 Å². The molecule has 1 aliphatic rings. The molecule has 66 valence electrons. The van der Waals surface area contributed by atoms with Crippen LogP contribution < -0.4 is 0 Å². The van der Waals surface area contributed by atoms with Gasteiger partial charge < -0.3 is 9.84 Å². The lowest BCUT2D eigenvalue weighted by atomic mass is 10.3. The zero-order valence-corrected chi connectivity index (χ0v) is 6.97. The Bertz CT molecular complexity index is 359. The van der Waals surface area contributed by atoms with E-state index in [0.717, 1.165) is 0 Å². The molecular weight excluding hydrogens is 166 g/mol. The SMILES string of the molecule is Oc1ccccc1N=C1CC=CO1. The first-order chi connectivity index (χ1) is 6.36. The largest absolute Gasteiger partial charge is 0.506 e. The molecule has 1 aromatic rings. The van der Waals surface area contributed by atoms with E-state index in [2.05, 4.69) is 4.99 Å². The molecule has 1 heterocycles. The van der Waals surface area contributed by atoms with E-state index >= 15 is 0 Å². The summed E-state index contributed by atoms with van der Waals surface area (Å²) in [5.74, 6) is 0.784. The molecule has 0 aliphatic carbocycles. The monoisotopic (exact) mass is 175 g/mol. The lowest BCUT2D eigenvalue weighted by Gasteiger charge is -1.99. The van der Waals surface area contributed by atoms with E-state index in [4.69, 9.17) is 4.74 Å². The Morgan fingerprint density at radius 2 is 2.15 bits per heavy atom. The highest BCUT2D eigenvalue weighted by Crippen LogP contribution is 2.26. The first kappa shape index (κ1) is 7.86. The Morgan fingerprint density at radius 1 is 1.31 bits per heavy atom. The highest BCUT2D eigenvalue weighted by molar-refractivity contribution is 5.83. The van der Waals surface area contributed by atoms with Crippen molar-refractivity contribution >= 4 is 11.6 Å². The summed E-state index contributed by atoms with van der Waals surface area (Å²) >= 11 is 0. The van der Waals surface area contributed by atoms with Gasteiger partial charge in [0.15, 0.2) is 5.90 Å². The number of aliphatic imine (C=N–C) groups is 1. The van der Waals surface area contributed by atoms with Crippen molar-refractivity contribution in [3.05, 3.63) is 36.6 Å². The second-order valence-electron chi connectivity index (χ2n) is 2.69. The van der Waals surface area contributed by atoms with Crippen molar-refractivity contribution in [3.63, 3.8) is 0 Å². The summed E-state index contributed by atoms with van der Waals surface area (Å²) in [6.07, 6.45) is 4.16. The number of para-hydroxylation sites is 2. The second-order valence-corrected chi connectivity index (χ2v) is 2.69. The lowest BCUT2D eigenvalue weighted by molar-refractivity contribution is 0.471. The maximum absolute atomic E-state index is 9.39. The van der Waals surface area contributed by atoms with Crippen molar-refractivity contribution in [1.29, 1.82) is 0 Å². The molecule has 3 nitrogen and oxygen atoms in total. The molecule has 0 saturated heterocycles. The first-order valence-corrected chi connectivity index (χ1v) is 4.03. The number of hydrogen-bond acceptors (Lipinski definition) is 3. The van der Waals surface area contributed by atoms with Gasteiger partial charge >= 0.3 is 0 Å². The quantitative estimate of drug-likeness (QED) is 0.711. The predicted molar refractivity (Wildman–Crippen MR) is 50.0 cm³/mol. The number of phenolic OH excluding ortho intramolecular Hbond substituents is 1. The fourth-order valence-corrected chi connectivity index (χ4v) is 1.09. The highest BCUT2D eigenvalue weighted by Gasteiger charge is 2.04. The Morgan fingerprint density at radius 3 is 2.85 bits per heavy atom. The number of hydrogen-bond donors (Lipinski definition) is 1. The van der Waals surface area contributed by atoms with E-state index < -0.39 is 0 Å². The van der Waals surface area contributed by atoms with E-state index in [9.17, 15) is 5.11 Å². The summed E-state index contributed by atoms with van der Waals surface area (Å²) in [5.41, 5.74) is 0.543. The molecule has 0 fully saturated rings. The molecule has 1 aromatic carbocycles. The number of benzene rings is 1. The van der Waals surface area contributed by atoms with Crippen molar-refractivity contribution in [1.82, 2.24) is 0 Å². The molecule has 3 heteroatoms. The molecule has 0 unspecified atom stereocenters. The van der Waals surface area contributed by atoms with Gasteiger partial charge in [0.25, 0.3) is 0 Å². The molecule has 13 heavy (non-hydrogen) atoms. The minimum absolute atomic E-state index is 0.172. The van der Waals surface area contributed by atoms with Gasteiger partial charge in [-0.1, -0.05) is 12.1 Å². The van der Waals surface area contributed by atoms with Gasteiger partial charge in [0.1, 0.15) is 11.4 Å². The van der Waals surface area contributed by atoms with Crippen LogP contribution in [0.5, 0.6) is 5.75 Å². The summed E-state index contributed by atoms with van der Waals surface area (Å²) in [6.45, 7) is 0. The van der Waals surface area contributed by atoms with Crippen LogP contribution in [0.2, 0.25) is 0 Å². The average Bonchev–Trinajstić information content (AvgIpc) is 2.61. The molecule has 0 aromatic heterocycles. The van der Waals surface area contributed by atoms with Gasteiger partial charge in [-0.25, -0.2) is 4.99 Å². The van der Waals surface area contributed by atoms with E-state index in [1.165, 1.54) is 0 Å². The molecular formula is C10H9NO2. The fourth-order valence-electron chi connectivity index (χ4n) is 1.09. The molecule has 0 saturated carbocycles. The van der Waals surface area contributed by atoms with E-state index in [-0.39, 0.29) is 5.75 Å². The van der Waals surface area contributed by atoms with Crippen LogP contribution in [0, 0.1) is 0 Å². The molecule has 2 rings (SSSR count). The van der Waals surface area contributed by atoms with Gasteiger partial charge in [0.2, 0.25) is 0 Å². The summed E-state index contributed by atoms with van der Waals surface area (Å²) in [7, 11) is 0. The number of nitrogens with zero attached hydrogens (tertiary/aromatic N) is 1. The number of phenols is 1. The molecule has 1 N–H and O–H groups in total. The van der Waals surface area contributed by atoms with Gasteiger partial charge in [0.05, 0.1) is 6.26 Å². The van der Waals surface area contributed by atoms with E-state index in [1.807, 2.05) is 12.1 Å². The van der Waals surface area contributed by atoms with Gasteiger partial charge in [-0.3, -0.25) is 0 Å². The summed E-state index contributed by atoms with van der Waals surface area (Å²) in [6, 6.07) is 6.92. The maximum atomic E-state index is 9.39. The first-order valence-electron chi connectivity index (χ1n) is 4.03. The normalized spacial score (nSPS) is 17.7. The minimum Gasteiger partial charge on any atom is -0.506 e. The van der Waals surface area contributed by atoms with Crippen LogP contribution in [0.25, 0.3) is 0 Å². The third-order valence-corrected chi connectivity index (χ3v) is 1.72. The Kier molecular flexibility index (Phi) is 2.00. The average molecular weight is 175 g/mol. The van der Waals surface area contributed by atoms with Crippen LogP contribution in [0.1, 0.15) is 6.42 Å². The molecule has 0 radical (unpaired) electrons. The molecule has 0 bridgehead atoms. The van der Waals surface area contributed by atoms with Gasteiger partial charge in [-0.05, 0) is 18.2 Å². The van der Waals surface area contributed by atoms with Crippen LogP contribution in [0.4, 0.5) is 5.69 Å². The number of ether oxygens (including phenoxy) is 1. The topological polar surface area (TPSA) is 41.8 Å². The Balaban J connectivity index is 2.27.